The Morgan fingerprint density at radius 2 is 0.942 bits per heavy atom. The quantitative estimate of drug-likeness (QED) is 0.0238. The van der Waals surface area contributed by atoms with Crippen LogP contribution >= 0.6 is 7.82 Å². The second-order valence-corrected chi connectivity index (χ2v) is 15.8. The van der Waals surface area contributed by atoms with Crippen LogP contribution in [-0.2, 0) is 32.7 Å². The van der Waals surface area contributed by atoms with Gasteiger partial charge in [0.25, 0.3) is 0 Å². The van der Waals surface area contributed by atoms with Gasteiger partial charge < -0.3 is 24.6 Å². The molecule has 0 aliphatic carbocycles. The van der Waals surface area contributed by atoms with E-state index in [0.29, 0.717) is 12.8 Å². The Bertz CT molecular complexity index is 884. The lowest BCUT2D eigenvalue weighted by atomic mass is 10.1. The maximum absolute atomic E-state index is 12.6. The van der Waals surface area contributed by atoms with Crippen molar-refractivity contribution in [2.24, 2.45) is 0 Å². The molecule has 0 amide bonds. The molecule has 3 N–H and O–H groups in total. The van der Waals surface area contributed by atoms with Gasteiger partial charge in [-0.3, -0.25) is 18.6 Å². The molecule has 0 rings (SSSR count). The van der Waals surface area contributed by atoms with Crippen LogP contribution < -0.4 is 0 Å². The number of aliphatic hydroxyl groups is 2. The highest BCUT2D eigenvalue weighted by molar-refractivity contribution is 7.47. The third kappa shape index (κ3) is 37.0. The van der Waals surface area contributed by atoms with Crippen LogP contribution in [0.1, 0.15) is 200 Å². The number of esters is 2. The molecule has 308 valence electrons. The molecule has 1 unspecified atom stereocenters. The van der Waals surface area contributed by atoms with Crippen LogP contribution in [0.15, 0.2) is 12.2 Å². The number of hydrogen-bond acceptors (Lipinski definition) is 9. The minimum Gasteiger partial charge on any atom is -0.462 e. The first-order valence-electron chi connectivity index (χ1n) is 21.1. The van der Waals surface area contributed by atoms with Crippen molar-refractivity contribution in [3.05, 3.63) is 12.2 Å². The first-order valence-corrected chi connectivity index (χ1v) is 22.6. The zero-order chi connectivity index (χ0) is 38.4. The average Bonchev–Trinajstić information content (AvgIpc) is 3.13. The van der Waals surface area contributed by atoms with Crippen molar-refractivity contribution in [3.8, 4) is 0 Å². The molecule has 0 heterocycles. The molecule has 0 aromatic rings. The van der Waals surface area contributed by atoms with Crippen LogP contribution in [0.2, 0.25) is 0 Å². The molecule has 0 spiro atoms. The van der Waals surface area contributed by atoms with Gasteiger partial charge in [-0.25, -0.2) is 4.57 Å². The second kappa shape index (κ2) is 38.0. The van der Waals surface area contributed by atoms with Gasteiger partial charge in [-0.1, -0.05) is 161 Å². The molecule has 0 aliphatic heterocycles. The Labute approximate surface area is 317 Å². The molecule has 10 nitrogen and oxygen atoms in total. The summed E-state index contributed by atoms with van der Waals surface area (Å²) in [5.74, 6) is -0.924. The van der Waals surface area contributed by atoms with E-state index >= 15 is 0 Å². The summed E-state index contributed by atoms with van der Waals surface area (Å²) in [7, 11) is -4.61. The zero-order valence-corrected chi connectivity index (χ0v) is 34.2. The molecule has 0 saturated heterocycles. The average molecular weight is 763 g/mol. The van der Waals surface area contributed by atoms with Gasteiger partial charge in [-0.2, -0.15) is 0 Å². The summed E-state index contributed by atoms with van der Waals surface area (Å²) in [4.78, 5) is 34.9. The van der Waals surface area contributed by atoms with E-state index in [1.165, 1.54) is 116 Å². The molecule has 11 heteroatoms. The van der Waals surface area contributed by atoms with E-state index in [0.717, 1.165) is 44.9 Å². The number of phosphoric acid groups is 1. The highest BCUT2D eigenvalue weighted by atomic mass is 31.2. The van der Waals surface area contributed by atoms with E-state index in [2.05, 4.69) is 30.5 Å². The number of hydrogen-bond donors (Lipinski definition) is 3. The summed E-state index contributed by atoms with van der Waals surface area (Å²) in [5.41, 5.74) is 0. The minimum absolute atomic E-state index is 0.183. The maximum atomic E-state index is 12.6. The molecule has 0 aromatic heterocycles. The van der Waals surface area contributed by atoms with Crippen molar-refractivity contribution in [1.29, 1.82) is 0 Å². The van der Waals surface area contributed by atoms with E-state index in [9.17, 15) is 24.2 Å². The number of rotatable bonds is 40. The van der Waals surface area contributed by atoms with Gasteiger partial charge in [0, 0.05) is 12.8 Å². The summed E-state index contributed by atoms with van der Waals surface area (Å²) in [6.07, 6.45) is 34.7. The van der Waals surface area contributed by atoms with Gasteiger partial charge in [0.15, 0.2) is 6.10 Å². The topological polar surface area (TPSA) is 149 Å². The van der Waals surface area contributed by atoms with Gasteiger partial charge in [-0.15, -0.1) is 0 Å². The fourth-order valence-electron chi connectivity index (χ4n) is 5.87. The van der Waals surface area contributed by atoms with Gasteiger partial charge in [0.2, 0.25) is 0 Å². The molecule has 0 bridgehead atoms. The van der Waals surface area contributed by atoms with E-state index in [1.807, 2.05) is 0 Å². The van der Waals surface area contributed by atoms with Crippen LogP contribution in [0, 0.1) is 0 Å². The molecule has 0 fully saturated rings. The zero-order valence-electron chi connectivity index (χ0n) is 33.3. The highest BCUT2D eigenvalue weighted by Crippen LogP contribution is 2.43. The molecule has 3 atom stereocenters. The highest BCUT2D eigenvalue weighted by Gasteiger charge is 2.27. The second-order valence-electron chi connectivity index (χ2n) is 14.4. The Balaban J connectivity index is 4.24. The monoisotopic (exact) mass is 763 g/mol. The Kier molecular flexibility index (Phi) is 37.1. The minimum atomic E-state index is -4.61. The molecular weight excluding hydrogens is 683 g/mol. The fraction of sp³-hybridized carbons (Fsp3) is 0.902. The molecule has 52 heavy (non-hydrogen) atoms. The lowest BCUT2D eigenvalue weighted by Crippen LogP contribution is -2.29. The summed E-state index contributed by atoms with van der Waals surface area (Å²) in [6.45, 7) is 2.37. The van der Waals surface area contributed by atoms with Crippen LogP contribution in [-0.4, -0.2) is 65.7 Å². The van der Waals surface area contributed by atoms with Crippen molar-refractivity contribution in [3.63, 3.8) is 0 Å². The number of aliphatic hydroxyl groups excluding tert-OH is 2. The lowest BCUT2D eigenvalue weighted by Gasteiger charge is -2.20. The van der Waals surface area contributed by atoms with E-state index in [-0.39, 0.29) is 19.4 Å². The third-order valence-corrected chi connectivity index (χ3v) is 10.1. The predicted molar refractivity (Wildman–Crippen MR) is 210 cm³/mol. The smallest absolute Gasteiger partial charge is 0.462 e. The number of ether oxygens (including phenoxy) is 2. The Hall–Kier alpha value is -1.29. The number of unbranched alkanes of at least 4 members (excludes halogenated alkanes) is 24. The van der Waals surface area contributed by atoms with Gasteiger partial charge in [0.05, 0.1) is 19.8 Å². The van der Waals surface area contributed by atoms with Gasteiger partial charge >= 0.3 is 19.8 Å². The maximum Gasteiger partial charge on any atom is 0.472 e. The van der Waals surface area contributed by atoms with E-state index in [4.69, 9.17) is 19.1 Å². The van der Waals surface area contributed by atoms with Gasteiger partial charge in [-0.05, 0) is 38.5 Å². The van der Waals surface area contributed by atoms with Crippen LogP contribution in [0.3, 0.4) is 0 Å². The lowest BCUT2D eigenvalue weighted by molar-refractivity contribution is -0.161. The predicted octanol–water partition coefficient (Wildman–Crippen LogP) is 10.8. The van der Waals surface area contributed by atoms with Crippen LogP contribution in [0.5, 0.6) is 0 Å². The van der Waals surface area contributed by atoms with E-state index in [1.54, 1.807) is 0 Å². The first-order chi connectivity index (χ1) is 25.2. The van der Waals surface area contributed by atoms with Gasteiger partial charge in [0.1, 0.15) is 12.7 Å². The molecule has 0 aromatic carbocycles. The number of phosphoric ester groups is 1. The van der Waals surface area contributed by atoms with E-state index < -0.39 is 51.8 Å². The summed E-state index contributed by atoms with van der Waals surface area (Å²) in [5, 5.41) is 18.3. The van der Waals surface area contributed by atoms with Crippen molar-refractivity contribution >= 4 is 19.8 Å². The number of carbonyl (C=O) groups excluding carboxylic acids is 2. The van der Waals surface area contributed by atoms with Crippen molar-refractivity contribution in [1.82, 2.24) is 0 Å². The van der Waals surface area contributed by atoms with Crippen LogP contribution in [0.4, 0.5) is 0 Å². The third-order valence-electron chi connectivity index (χ3n) is 9.17. The van der Waals surface area contributed by atoms with Crippen molar-refractivity contribution in [2.45, 2.75) is 212 Å². The summed E-state index contributed by atoms with van der Waals surface area (Å²) < 4.78 is 32.6. The molecule has 0 saturated carbocycles. The molecule has 0 radical (unpaired) electrons. The summed E-state index contributed by atoms with van der Waals surface area (Å²) >= 11 is 0. The number of carbonyl (C=O) groups is 2. The summed E-state index contributed by atoms with van der Waals surface area (Å²) in [6, 6.07) is 0. The van der Waals surface area contributed by atoms with Crippen molar-refractivity contribution < 1.29 is 47.8 Å². The Morgan fingerprint density at radius 1 is 0.558 bits per heavy atom. The SMILES string of the molecule is CCCCCCCCCC/C=C\CCCCCCCCCC(=O)O[C@H](COC(=O)CCCCCCCCCCCC)COP(=O)(O)OC[C@@H](O)CO. The normalized spacial score (nSPS) is 14.0. The fourth-order valence-corrected chi connectivity index (χ4v) is 6.66. The number of allylic oxidation sites excluding steroid dienone is 2. The van der Waals surface area contributed by atoms with Crippen LogP contribution in [0.25, 0.3) is 0 Å². The largest absolute Gasteiger partial charge is 0.472 e. The first kappa shape index (κ1) is 50.7. The van der Waals surface area contributed by atoms with Crippen molar-refractivity contribution in [2.75, 3.05) is 26.4 Å². The standard InChI is InChI=1S/C41H79O10P/c1-3-5-7-9-11-13-15-16-17-18-19-20-21-22-23-25-27-29-31-33-41(45)51-39(37-50-52(46,47)49-35-38(43)34-42)36-48-40(44)32-30-28-26-24-14-12-10-8-6-4-2/h18-19,38-39,42-43H,3-17,20-37H2,1-2H3,(H,46,47)/b19-18-/t38-,39+/m0/s1. The molecular formula is C41H79O10P. The molecule has 0 aliphatic rings. The Morgan fingerprint density at radius 3 is 1.38 bits per heavy atom.